The summed E-state index contributed by atoms with van der Waals surface area (Å²) in [6.07, 6.45) is 5.32. The molecule has 0 N–H and O–H groups in total. The smallest absolute Gasteiger partial charge is 0.312 e. The van der Waals surface area contributed by atoms with Crippen molar-refractivity contribution in [1.82, 2.24) is 0 Å². The minimum absolute atomic E-state index is 0.0173. The number of hydrogen-bond donors (Lipinski definition) is 0. The number of carbonyl (C=O) groups excluding carboxylic acids is 3. The molecule has 6 nitrogen and oxygen atoms in total. The Morgan fingerprint density at radius 3 is 2.31 bits per heavy atom. The molecule has 4 aliphatic rings. The molecular weight excluding hydrogens is 372 g/mol. The molecule has 4 aliphatic carbocycles. The van der Waals surface area contributed by atoms with Crippen molar-refractivity contribution < 1.29 is 28.6 Å². The lowest BCUT2D eigenvalue weighted by molar-refractivity contribution is -0.181. The Morgan fingerprint density at radius 1 is 1.00 bits per heavy atom. The second-order valence-corrected chi connectivity index (χ2v) is 9.87. The molecule has 0 aromatic carbocycles. The average Bonchev–Trinajstić information content (AvgIpc) is 3.14. The zero-order valence-corrected chi connectivity index (χ0v) is 17.9. The van der Waals surface area contributed by atoms with E-state index in [0.717, 1.165) is 25.7 Å². The number of hydrogen-bond acceptors (Lipinski definition) is 6. The van der Waals surface area contributed by atoms with Crippen LogP contribution in [0.5, 0.6) is 0 Å². The number of rotatable bonds is 3. The fourth-order valence-corrected chi connectivity index (χ4v) is 8.23. The number of fused-ring (bicyclic) bond motifs is 3. The number of methoxy groups -OCH3 is 3. The fourth-order valence-electron chi connectivity index (χ4n) is 8.23. The van der Waals surface area contributed by atoms with Gasteiger partial charge >= 0.3 is 17.9 Å². The van der Waals surface area contributed by atoms with Crippen molar-refractivity contribution >= 4 is 17.9 Å². The molecule has 4 saturated carbocycles. The highest BCUT2D eigenvalue weighted by molar-refractivity contribution is 5.87. The van der Waals surface area contributed by atoms with Crippen molar-refractivity contribution in [3.8, 4) is 0 Å². The molecule has 2 bridgehead atoms. The summed E-state index contributed by atoms with van der Waals surface area (Å²) in [5, 5.41) is 0. The van der Waals surface area contributed by atoms with E-state index in [4.69, 9.17) is 14.2 Å². The van der Waals surface area contributed by atoms with E-state index in [1.54, 1.807) is 0 Å². The van der Waals surface area contributed by atoms with Gasteiger partial charge < -0.3 is 14.2 Å². The number of allylic oxidation sites excluding steroid dienone is 1. The van der Waals surface area contributed by atoms with Crippen molar-refractivity contribution in [2.45, 2.75) is 51.9 Å². The van der Waals surface area contributed by atoms with Crippen molar-refractivity contribution in [3.05, 3.63) is 12.2 Å². The van der Waals surface area contributed by atoms with Gasteiger partial charge in [0.25, 0.3) is 0 Å². The van der Waals surface area contributed by atoms with Crippen LogP contribution in [0.2, 0.25) is 0 Å². The molecule has 0 aliphatic heterocycles. The van der Waals surface area contributed by atoms with Crippen molar-refractivity contribution in [3.63, 3.8) is 0 Å². The lowest BCUT2D eigenvalue weighted by atomic mass is 9.52. The van der Waals surface area contributed by atoms with Gasteiger partial charge in [0.2, 0.25) is 0 Å². The summed E-state index contributed by atoms with van der Waals surface area (Å²) in [5.74, 6) is -1.64. The Bertz CT molecular complexity index is 773. The molecule has 1 spiro atoms. The summed E-state index contributed by atoms with van der Waals surface area (Å²) >= 11 is 0. The van der Waals surface area contributed by atoms with Gasteiger partial charge in [-0.1, -0.05) is 18.6 Å². The van der Waals surface area contributed by atoms with Crippen LogP contribution in [-0.4, -0.2) is 39.2 Å². The number of carbonyl (C=O) groups is 3. The summed E-state index contributed by atoms with van der Waals surface area (Å²) in [6, 6.07) is 0. The maximum absolute atomic E-state index is 13.5. The third-order valence-electron chi connectivity index (χ3n) is 9.03. The van der Waals surface area contributed by atoms with Gasteiger partial charge in [0, 0.05) is 5.92 Å². The largest absolute Gasteiger partial charge is 0.469 e. The Labute approximate surface area is 172 Å². The Kier molecular flexibility index (Phi) is 4.63. The molecule has 160 valence electrons. The van der Waals surface area contributed by atoms with Gasteiger partial charge in [-0.3, -0.25) is 14.4 Å². The van der Waals surface area contributed by atoms with E-state index in [-0.39, 0.29) is 23.8 Å². The van der Waals surface area contributed by atoms with Crippen LogP contribution in [-0.2, 0) is 28.6 Å². The Morgan fingerprint density at radius 2 is 1.69 bits per heavy atom. The third-order valence-corrected chi connectivity index (χ3v) is 9.03. The standard InChI is InChI=1S/C23H32O6/c1-13-11-22-12-14(13)7-8-15(22)23(20(26)29-5)10-6-9-21(2,19(25)28-4)17(23)16(22)18(24)27-3/h14-17H,1,6-12H2,2-5H3. The van der Waals surface area contributed by atoms with E-state index in [9.17, 15) is 14.4 Å². The van der Waals surface area contributed by atoms with Gasteiger partial charge in [0.05, 0.1) is 38.1 Å². The molecule has 4 rings (SSSR count). The summed E-state index contributed by atoms with van der Waals surface area (Å²) in [6.45, 7) is 6.17. The predicted octanol–water partition coefficient (Wildman–Crippen LogP) is 3.29. The summed E-state index contributed by atoms with van der Waals surface area (Å²) < 4.78 is 15.9. The molecule has 0 amide bonds. The zero-order valence-electron chi connectivity index (χ0n) is 17.9. The normalized spacial score (nSPS) is 45.2. The van der Waals surface area contributed by atoms with E-state index in [0.29, 0.717) is 25.2 Å². The SMILES string of the molecule is C=C1CC23CC1CCC2C1(C(=O)OC)CCCC(C)(C(=O)OC)C1C3C(=O)OC. The van der Waals surface area contributed by atoms with Crippen molar-refractivity contribution in [2.24, 2.45) is 39.9 Å². The third kappa shape index (κ3) is 2.32. The van der Waals surface area contributed by atoms with Crippen molar-refractivity contribution in [1.29, 1.82) is 0 Å². The Balaban J connectivity index is 2.00. The Hall–Kier alpha value is -1.85. The van der Waals surface area contributed by atoms with Crippen LogP contribution in [0.15, 0.2) is 12.2 Å². The highest BCUT2D eigenvalue weighted by Gasteiger charge is 2.79. The van der Waals surface area contributed by atoms with Gasteiger partial charge in [0.15, 0.2) is 0 Å². The van der Waals surface area contributed by atoms with Crippen molar-refractivity contribution in [2.75, 3.05) is 21.3 Å². The lowest BCUT2D eigenvalue weighted by Gasteiger charge is -2.50. The molecule has 0 saturated heterocycles. The van der Waals surface area contributed by atoms with Crippen LogP contribution >= 0.6 is 0 Å². The lowest BCUT2D eigenvalue weighted by Crippen LogP contribution is -2.55. The van der Waals surface area contributed by atoms with Gasteiger partial charge in [-0.2, -0.15) is 0 Å². The summed E-state index contributed by atoms with van der Waals surface area (Å²) in [7, 11) is 4.19. The van der Waals surface area contributed by atoms with E-state index in [2.05, 4.69) is 6.58 Å². The molecular formula is C23H32O6. The molecule has 7 unspecified atom stereocenters. The topological polar surface area (TPSA) is 78.9 Å². The van der Waals surface area contributed by atoms with Crippen LogP contribution in [0, 0.1) is 39.9 Å². The van der Waals surface area contributed by atoms with Gasteiger partial charge in [-0.05, 0) is 62.7 Å². The number of ether oxygens (including phenoxy) is 3. The zero-order chi connectivity index (χ0) is 21.2. The minimum Gasteiger partial charge on any atom is -0.469 e. The quantitative estimate of drug-likeness (QED) is 0.408. The monoisotopic (exact) mass is 404 g/mol. The molecule has 4 fully saturated rings. The average molecular weight is 405 g/mol. The van der Waals surface area contributed by atoms with E-state index < -0.39 is 28.1 Å². The molecule has 0 heterocycles. The minimum atomic E-state index is -0.939. The highest BCUT2D eigenvalue weighted by Crippen LogP contribution is 2.78. The second kappa shape index (κ2) is 6.58. The van der Waals surface area contributed by atoms with E-state index in [1.165, 1.54) is 26.9 Å². The summed E-state index contributed by atoms with van der Waals surface area (Å²) in [5.41, 5.74) is -1.04. The van der Waals surface area contributed by atoms with E-state index in [1.807, 2.05) is 6.92 Å². The van der Waals surface area contributed by atoms with Gasteiger partial charge in [0.1, 0.15) is 0 Å². The number of esters is 3. The van der Waals surface area contributed by atoms with Crippen LogP contribution in [0.1, 0.15) is 51.9 Å². The fraction of sp³-hybridized carbons (Fsp3) is 0.783. The van der Waals surface area contributed by atoms with Crippen LogP contribution in [0.4, 0.5) is 0 Å². The molecule has 0 aromatic rings. The van der Waals surface area contributed by atoms with Gasteiger partial charge in [-0.15, -0.1) is 0 Å². The first-order valence-electron chi connectivity index (χ1n) is 10.6. The summed E-state index contributed by atoms with van der Waals surface area (Å²) in [4.78, 5) is 39.9. The highest BCUT2D eigenvalue weighted by atomic mass is 16.5. The first-order chi connectivity index (χ1) is 13.7. The molecule has 6 heteroatoms. The molecule has 29 heavy (non-hydrogen) atoms. The maximum Gasteiger partial charge on any atom is 0.312 e. The van der Waals surface area contributed by atoms with E-state index >= 15 is 0 Å². The van der Waals surface area contributed by atoms with Crippen LogP contribution in [0.3, 0.4) is 0 Å². The molecule has 0 aromatic heterocycles. The molecule has 0 radical (unpaired) electrons. The predicted molar refractivity (Wildman–Crippen MR) is 104 cm³/mol. The first-order valence-corrected chi connectivity index (χ1v) is 10.6. The first kappa shape index (κ1) is 20.4. The second-order valence-electron chi connectivity index (χ2n) is 9.87. The van der Waals surface area contributed by atoms with Crippen LogP contribution < -0.4 is 0 Å². The maximum atomic E-state index is 13.5. The van der Waals surface area contributed by atoms with Crippen LogP contribution in [0.25, 0.3) is 0 Å². The molecule has 7 atom stereocenters. The van der Waals surface area contributed by atoms with Gasteiger partial charge in [-0.25, -0.2) is 0 Å².